The minimum Gasteiger partial charge on any atom is -0.483 e. The summed E-state index contributed by atoms with van der Waals surface area (Å²) in [6.07, 6.45) is 5.02. The molecule has 1 unspecified atom stereocenters. The zero-order valence-electron chi connectivity index (χ0n) is 16.0. The number of aromatic nitrogens is 3. The molecule has 6 nitrogen and oxygen atoms in total. The number of likely N-dealkylation sites (tertiary alicyclic amines) is 1. The van der Waals surface area contributed by atoms with E-state index in [0.29, 0.717) is 23.3 Å². The van der Waals surface area contributed by atoms with Gasteiger partial charge in [0.25, 0.3) is 0 Å². The second-order valence-corrected chi connectivity index (χ2v) is 7.68. The Morgan fingerprint density at radius 1 is 1.39 bits per heavy atom. The van der Waals surface area contributed by atoms with Gasteiger partial charge in [0.2, 0.25) is 5.91 Å². The summed E-state index contributed by atoms with van der Waals surface area (Å²) in [5, 5.41) is 8.98. The van der Waals surface area contributed by atoms with Crippen molar-refractivity contribution in [3.63, 3.8) is 0 Å². The summed E-state index contributed by atoms with van der Waals surface area (Å²) < 4.78 is 21.1. The molecule has 1 aliphatic rings. The molecule has 28 heavy (non-hydrogen) atoms. The summed E-state index contributed by atoms with van der Waals surface area (Å²) in [5.74, 6) is 0.736. The van der Waals surface area contributed by atoms with E-state index in [2.05, 4.69) is 23.7 Å². The van der Waals surface area contributed by atoms with Crippen molar-refractivity contribution in [1.82, 2.24) is 19.7 Å². The Hall–Kier alpha value is -2.35. The van der Waals surface area contributed by atoms with Crippen LogP contribution in [0.3, 0.4) is 0 Å². The highest BCUT2D eigenvalue weighted by Gasteiger charge is 2.24. The van der Waals surface area contributed by atoms with Crippen molar-refractivity contribution in [2.75, 3.05) is 12.3 Å². The van der Waals surface area contributed by atoms with Crippen LogP contribution >= 0.6 is 11.8 Å². The van der Waals surface area contributed by atoms with Crippen LogP contribution in [0.5, 0.6) is 5.75 Å². The van der Waals surface area contributed by atoms with E-state index in [1.54, 1.807) is 24.3 Å². The molecule has 1 atom stereocenters. The third-order valence-electron chi connectivity index (χ3n) is 4.75. The van der Waals surface area contributed by atoms with Gasteiger partial charge in [0, 0.05) is 19.1 Å². The maximum atomic E-state index is 13.7. The second-order valence-electron chi connectivity index (χ2n) is 6.74. The van der Waals surface area contributed by atoms with E-state index in [-0.39, 0.29) is 24.3 Å². The van der Waals surface area contributed by atoms with Crippen LogP contribution in [0.25, 0.3) is 0 Å². The SMILES string of the molecule is C=CCn1c(COc2ccccc2F)nnc1SCC(=O)N1CCCCC1C. The largest absolute Gasteiger partial charge is 0.483 e. The van der Waals surface area contributed by atoms with Crippen LogP contribution in [0.15, 0.2) is 42.1 Å². The number of hydrogen-bond acceptors (Lipinski definition) is 5. The highest BCUT2D eigenvalue weighted by Crippen LogP contribution is 2.23. The molecule has 1 aliphatic heterocycles. The first-order chi connectivity index (χ1) is 13.6. The molecule has 150 valence electrons. The van der Waals surface area contributed by atoms with Gasteiger partial charge in [-0.3, -0.25) is 9.36 Å². The van der Waals surface area contributed by atoms with Gasteiger partial charge in [-0.05, 0) is 38.3 Å². The van der Waals surface area contributed by atoms with Crippen molar-refractivity contribution < 1.29 is 13.9 Å². The first-order valence-corrected chi connectivity index (χ1v) is 10.4. The number of halogens is 1. The summed E-state index contributed by atoms with van der Waals surface area (Å²) in [6, 6.07) is 6.52. The summed E-state index contributed by atoms with van der Waals surface area (Å²) in [5.41, 5.74) is 0. The number of piperidine rings is 1. The lowest BCUT2D eigenvalue weighted by Crippen LogP contribution is -2.43. The molecule has 0 spiro atoms. The zero-order valence-corrected chi connectivity index (χ0v) is 16.8. The number of amides is 1. The number of nitrogens with zero attached hydrogens (tertiary/aromatic N) is 4. The van der Waals surface area contributed by atoms with Crippen LogP contribution in [-0.4, -0.2) is 43.9 Å². The lowest BCUT2D eigenvalue weighted by atomic mass is 10.0. The second kappa shape index (κ2) is 9.73. The molecule has 1 aromatic heterocycles. The molecule has 3 rings (SSSR count). The minimum atomic E-state index is -0.423. The summed E-state index contributed by atoms with van der Waals surface area (Å²) in [7, 11) is 0. The molecule has 0 bridgehead atoms. The number of allylic oxidation sites excluding steroid dienone is 1. The molecule has 2 heterocycles. The smallest absolute Gasteiger partial charge is 0.233 e. The number of rotatable bonds is 8. The molecule has 8 heteroatoms. The van der Waals surface area contributed by atoms with E-state index in [4.69, 9.17) is 4.74 Å². The van der Waals surface area contributed by atoms with Gasteiger partial charge in [0.05, 0.1) is 5.75 Å². The predicted molar refractivity (Wildman–Crippen MR) is 107 cm³/mol. The predicted octanol–water partition coefficient (Wildman–Crippen LogP) is 3.68. The number of thioether (sulfide) groups is 1. The van der Waals surface area contributed by atoms with Crippen LogP contribution in [-0.2, 0) is 17.9 Å². The Morgan fingerprint density at radius 3 is 2.96 bits per heavy atom. The third-order valence-corrected chi connectivity index (χ3v) is 5.70. The first-order valence-electron chi connectivity index (χ1n) is 9.42. The van der Waals surface area contributed by atoms with Gasteiger partial charge in [-0.1, -0.05) is 30.0 Å². The maximum Gasteiger partial charge on any atom is 0.233 e. The topological polar surface area (TPSA) is 60.2 Å². The minimum absolute atomic E-state index is 0.0828. The van der Waals surface area contributed by atoms with Crippen LogP contribution < -0.4 is 4.74 Å². The van der Waals surface area contributed by atoms with E-state index >= 15 is 0 Å². The van der Waals surface area contributed by atoms with Gasteiger partial charge < -0.3 is 9.64 Å². The van der Waals surface area contributed by atoms with Crippen molar-refractivity contribution in [3.8, 4) is 5.75 Å². The van der Waals surface area contributed by atoms with Crippen molar-refractivity contribution in [2.45, 2.75) is 50.5 Å². The standard InChI is InChI=1S/C20H25FN4O2S/c1-3-11-25-18(13-27-17-10-5-4-9-16(17)21)22-23-20(25)28-14-19(26)24-12-7-6-8-15(24)2/h3-5,9-10,15H,1,6-8,11-14H2,2H3. The van der Waals surface area contributed by atoms with Crippen molar-refractivity contribution in [2.24, 2.45) is 0 Å². The van der Waals surface area contributed by atoms with E-state index in [0.717, 1.165) is 19.4 Å². The molecule has 0 saturated carbocycles. The Labute approximate surface area is 168 Å². The van der Waals surface area contributed by atoms with E-state index < -0.39 is 5.82 Å². The number of carbonyl (C=O) groups is 1. The quantitative estimate of drug-likeness (QED) is 0.496. The normalized spacial score (nSPS) is 16.8. The fraction of sp³-hybridized carbons (Fsp3) is 0.450. The summed E-state index contributed by atoms with van der Waals surface area (Å²) >= 11 is 1.36. The zero-order chi connectivity index (χ0) is 19.9. The van der Waals surface area contributed by atoms with Gasteiger partial charge >= 0.3 is 0 Å². The van der Waals surface area contributed by atoms with Crippen molar-refractivity contribution >= 4 is 17.7 Å². The molecular formula is C20H25FN4O2S. The van der Waals surface area contributed by atoms with Gasteiger partial charge in [0.1, 0.15) is 6.61 Å². The molecule has 2 aromatic rings. The van der Waals surface area contributed by atoms with Gasteiger partial charge in [-0.15, -0.1) is 16.8 Å². The first kappa shape index (κ1) is 20.4. The third kappa shape index (κ3) is 4.92. The molecule has 1 saturated heterocycles. The number of para-hydroxylation sites is 1. The Bertz CT molecular complexity index is 826. The molecule has 1 fully saturated rings. The molecular weight excluding hydrogens is 379 g/mol. The molecule has 1 amide bonds. The number of benzene rings is 1. The van der Waals surface area contributed by atoms with Gasteiger partial charge in [0.15, 0.2) is 22.5 Å². The van der Waals surface area contributed by atoms with Crippen LogP contribution in [0, 0.1) is 5.82 Å². The average molecular weight is 405 g/mol. The summed E-state index contributed by atoms with van der Waals surface area (Å²) in [6.45, 7) is 7.25. The number of hydrogen-bond donors (Lipinski definition) is 0. The Kier molecular flexibility index (Phi) is 7.08. The monoisotopic (exact) mass is 404 g/mol. The van der Waals surface area contributed by atoms with Crippen LogP contribution in [0.2, 0.25) is 0 Å². The van der Waals surface area contributed by atoms with E-state index in [1.165, 1.54) is 24.2 Å². The highest BCUT2D eigenvalue weighted by molar-refractivity contribution is 7.99. The van der Waals surface area contributed by atoms with Crippen LogP contribution in [0.4, 0.5) is 4.39 Å². The fourth-order valence-electron chi connectivity index (χ4n) is 3.23. The Morgan fingerprint density at radius 2 is 2.21 bits per heavy atom. The lowest BCUT2D eigenvalue weighted by molar-refractivity contribution is -0.131. The van der Waals surface area contributed by atoms with E-state index in [1.807, 2.05) is 9.47 Å². The Balaban J connectivity index is 1.64. The lowest BCUT2D eigenvalue weighted by Gasteiger charge is -2.33. The van der Waals surface area contributed by atoms with Crippen molar-refractivity contribution in [1.29, 1.82) is 0 Å². The fourth-order valence-corrected chi connectivity index (χ4v) is 4.08. The molecule has 0 radical (unpaired) electrons. The van der Waals surface area contributed by atoms with Gasteiger partial charge in [-0.2, -0.15) is 0 Å². The van der Waals surface area contributed by atoms with Gasteiger partial charge in [-0.25, -0.2) is 4.39 Å². The molecule has 0 aliphatic carbocycles. The number of carbonyl (C=O) groups excluding carboxylic acids is 1. The molecule has 1 aromatic carbocycles. The van der Waals surface area contributed by atoms with Crippen molar-refractivity contribution in [3.05, 3.63) is 48.6 Å². The average Bonchev–Trinajstić information content (AvgIpc) is 3.08. The number of ether oxygens (including phenoxy) is 1. The van der Waals surface area contributed by atoms with Crippen LogP contribution in [0.1, 0.15) is 32.0 Å². The highest BCUT2D eigenvalue weighted by atomic mass is 32.2. The summed E-state index contributed by atoms with van der Waals surface area (Å²) in [4.78, 5) is 14.5. The van der Waals surface area contributed by atoms with E-state index in [9.17, 15) is 9.18 Å². The molecule has 0 N–H and O–H groups in total. The maximum absolute atomic E-state index is 13.7.